The van der Waals surface area contributed by atoms with Gasteiger partial charge in [0, 0.05) is 57.2 Å². The summed E-state index contributed by atoms with van der Waals surface area (Å²) in [5.74, 6) is -0.960. The molecule has 2 aromatic heterocycles. The lowest BCUT2D eigenvalue weighted by Gasteiger charge is -2.30. The van der Waals surface area contributed by atoms with Crippen LogP contribution in [-0.2, 0) is 51.7 Å². The second-order valence-electron chi connectivity index (χ2n) is 11.1. The Morgan fingerprint density at radius 2 is 1.40 bits per heavy atom. The molecule has 2 unspecified atom stereocenters. The van der Waals surface area contributed by atoms with Gasteiger partial charge in [0.15, 0.2) is 31.4 Å². The number of sulfone groups is 2. The number of hydrogen-bond donors (Lipinski definition) is 2. The fourth-order valence-corrected chi connectivity index (χ4v) is 5.84. The number of ether oxygens (including phenoxy) is 1. The Morgan fingerprint density at radius 1 is 0.933 bits per heavy atom. The normalized spacial score (nSPS) is 16.8. The Kier molecular flexibility index (Phi) is 13.1. The highest BCUT2D eigenvalue weighted by Crippen LogP contribution is 2.29. The van der Waals surface area contributed by atoms with Crippen LogP contribution in [0, 0.1) is 13.8 Å². The van der Waals surface area contributed by atoms with Gasteiger partial charge in [-0.3, -0.25) is 14.4 Å². The number of methoxy groups -OCH3 is 1. The molecule has 0 saturated heterocycles. The van der Waals surface area contributed by atoms with Crippen LogP contribution in [0.3, 0.4) is 0 Å². The average molecular weight is 677 g/mol. The standard InChI is InChI=1S/C14H21NO5S.C12H18BN2O7S.CH4/c1-11-5-7-15(13(17)9-11)8-6-14(2,21(4,18)19)12(16)10-20-3;1-9-4-6-15(10(16)8-9)7-5-12(2,23(3,19)20)11-14-22-13(17,18)21-11;/h5,7,9H,6,8,10H2,1-4H3;4,6,8,17-18H,5,7H2,1-3H3;1H4/q;-1;. The van der Waals surface area contributed by atoms with Crippen LogP contribution < -0.4 is 11.1 Å². The Bertz CT molecular complexity index is 1740. The van der Waals surface area contributed by atoms with E-state index in [1.165, 1.54) is 42.2 Å². The number of aromatic nitrogens is 2. The minimum absolute atomic E-state index is 0. The first-order valence-electron chi connectivity index (χ1n) is 13.4. The molecule has 3 heterocycles. The largest absolute Gasteiger partial charge is 0.668 e. The highest BCUT2D eigenvalue weighted by Gasteiger charge is 2.49. The maximum Gasteiger partial charge on any atom is 0.668 e. The van der Waals surface area contributed by atoms with Crippen molar-refractivity contribution in [3.05, 3.63) is 68.5 Å². The van der Waals surface area contributed by atoms with Gasteiger partial charge >= 0.3 is 6.96 Å². The molecule has 0 spiro atoms. The van der Waals surface area contributed by atoms with E-state index in [0.29, 0.717) is 0 Å². The van der Waals surface area contributed by atoms with E-state index in [9.17, 15) is 41.3 Å². The molecule has 2 atom stereocenters. The summed E-state index contributed by atoms with van der Waals surface area (Å²) in [6, 6.07) is 6.38. The Labute approximate surface area is 263 Å². The van der Waals surface area contributed by atoms with E-state index < -0.39 is 47.8 Å². The van der Waals surface area contributed by atoms with Crippen LogP contribution in [0.2, 0.25) is 0 Å². The van der Waals surface area contributed by atoms with Crippen molar-refractivity contribution in [2.75, 3.05) is 26.2 Å². The molecule has 2 N–H and O–H groups in total. The summed E-state index contributed by atoms with van der Waals surface area (Å²) < 4.78 is 61.5. The third-order valence-electron chi connectivity index (χ3n) is 7.46. The average Bonchev–Trinajstić information content (AvgIpc) is 3.26. The summed E-state index contributed by atoms with van der Waals surface area (Å²) in [6.07, 6.45) is 5.11. The molecule has 3 rings (SSSR count). The molecule has 15 nitrogen and oxygen atoms in total. The second kappa shape index (κ2) is 14.9. The molecule has 0 radical (unpaired) electrons. The predicted molar refractivity (Wildman–Crippen MR) is 170 cm³/mol. The summed E-state index contributed by atoms with van der Waals surface area (Å²) in [6.45, 7) is 2.57. The summed E-state index contributed by atoms with van der Waals surface area (Å²) in [7, 11) is -6.04. The molecule has 45 heavy (non-hydrogen) atoms. The predicted octanol–water partition coefficient (Wildman–Crippen LogP) is 0.332. The number of aryl methyl sites for hydroxylation is 4. The Balaban J connectivity index is 0.000000442. The van der Waals surface area contributed by atoms with Gasteiger partial charge in [-0.05, 0) is 63.8 Å². The van der Waals surface area contributed by atoms with Crippen LogP contribution in [-0.4, -0.2) is 90.4 Å². The molecule has 0 amide bonds. The van der Waals surface area contributed by atoms with E-state index >= 15 is 0 Å². The zero-order chi connectivity index (χ0) is 33.7. The summed E-state index contributed by atoms with van der Waals surface area (Å²) in [5.41, 5.74) is 1.14. The molecular weight excluding hydrogens is 633 g/mol. The number of nitrogens with zero attached hydrogens (tertiary/aromatic N) is 3. The Morgan fingerprint density at radius 3 is 1.76 bits per heavy atom. The maximum absolute atomic E-state index is 12.2. The fraction of sp³-hybridized carbons (Fsp3) is 0.556. The minimum Gasteiger partial charge on any atom is -0.620 e. The van der Waals surface area contributed by atoms with Crippen LogP contribution in [0.4, 0.5) is 0 Å². The number of hydrogen-bond acceptors (Lipinski definition) is 13. The van der Waals surface area contributed by atoms with Gasteiger partial charge in [0.2, 0.25) is 0 Å². The number of pyridine rings is 2. The number of rotatable bonds is 12. The number of ketones is 1. The van der Waals surface area contributed by atoms with E-state index in [2.05, 4.69) is 9.91 Å². The maximum atomic E-state index is 12.2. The highest BCUT2D eigenvalue weighted by atomic mass is 32.2. The molecule has 1 aliphatic heterocycles. The van der Waals surface area contributed by atoms with Crippen molar-refractivity contribution in [2.24, 2.45) is 5.16 Å². The van der Waals surface area contributed by atoms with Gasteiger partial charge in [0.25, 0.3) is 11.1 Å². The van der Waals surface area contributed by atoms with E-state index in [0.717, 1.165) is 23.6 Å². The fourth-order valence-electron chi connectivity index (χ4n) is 4.04. The number of oxime groups is 1. The lowest BCUT2D eigenvalue weighted by atomic mass is 10.0. The third-order valence-corrected chi connectivity index (χ3v) is 11.5. The SMILES string of the molecule is C.COCC(=O)C(C)(CCn1ccc(C)cc1=O)S(C)(=O)=O.Cc1ccn(CCC(C)(C2=NO[B-](O)(O)O2)S(C)(=O)=O)c(=O)c1. The topological polar surface area (TPSA) is 210 Å². The van der Waals surface area contributed by atoms with Crippen LogP contribution in [0.15, 0.2) is 51.4 Å². The van der Waals surface area contributed by atoms with Gasteiger partial charge < -0.3 is 33.3 Å². The first-order valence-corrected chi connectivity index (χ1v) is 17.1. The molecule has 1 aliphatic rings. The van der Waals surface area contributed by atoms with Crippen molar-refractivity contribution in [2.45, 2.75) is 70.5 Å². The van der Waals surface area contributed by atoms with E-state index in [1.54, 1.807) is 38.4 Å². The van der Waals surface area contributed by atoms with Crippen molar-refractivity contribution in [1.82, 2.24) is 9.13 Å². The van der Waals surface area contributed by atoms with Crippen LogP contribution in [0.1, 0.15) is 45.2 Å². The molecule has 254 valence electrons. The molecule has 2 aromatic rings. The summed E-state index contributed by atoms with van der Waals surface area (Å²) >= 11 is 0. The zero-order valence-corrected chi connectivity index (χ0v) is 27.3. The molecule has 0 aromatic carbocycles. The van der Waals surface area contributed by atoms with Gasteiger partial charge in [0.05, 0.1) is 0 Å². The molecular formula is C27H43BN3O12S2-. The van der Waals surface area contributed by atoms with Gasteiger partial charge in [-0.25, -0.2) is 16.8 Å². The quantitative estimate of drug-likeness (QED) is 0.292. The van der Waals surface area contributed by atoms with Crippen molar-refractivity contribution >= 4 is 38.3 Å². The lowest BCUT2D eigenvalue weighted by molar-refractivity contribution is -0.125. The van der Waals surface area contributed by atoms with Crippen LogP contribution in [0.25, 0.3) is 0 Å². The molecule has 0 fully saturated rings. The number of carbonyl (C=O) groups excluding carboxylic acids is 1. The van der Waals surface area contributed by atoms with Gasteiger partial charge in [-0.1, -0.05) is 12.6 Å². The molecule has 18 heteroatoms. The van der Waals surface area contributed by atoms with Crippen molar-refractivity contribution in [1.29, 1.82) is 0 Å². The van der Waals surface area contributed by atoms with Crippen molar-refractivity contribution in [3.63, 3.8) is 0 Å². The van der Waals surface area contributed by atoms with E-state index in [-0.39, 0.29) is 51.1 Å². The first kappa shape index (κ1) is 39.7. The molecule has 0 bridgehead atoms. The first-order chi connectivity index (χ1) is 20.1. The lowest BCUT2D eigenvalue weighted by Crippen LogP contribution is -2.48. The van der Waals surface area contributed by atoms with E-state index in [4.69, 9.17) is 9.39 Å². The summed E-state index contributed by atoms with van der Waals surface area (Å²) in [5, 5.41) is 21.9. The number of Topliss-reactive ketones (excluding diaryl/α,β-unsaturated/α-hetero) is 1. The minimum atomic E-state index is -3.75. The summed E-state index contributed by atoms with van der Waals surface area (Å²) in [4.78, 5) is 35.8. The monoisotopic (exact) mass is 676 g/mol. The second-order valence-corrected chi connectivity index (χ2v) is 16.0. The van der Waals surface area contributed by atoms with Gasteiger partial charge in [-0.2, -0.15) is 0 Å². The van der Waals surface area contributed by atoms with Crippen LogP contribution in [0.5, 0.6) is 0 Å². The van der Waals surface area contributed by atoms with E-state index in [1.807, 2.05) is 0 Å². The highest BCUT2D eigenvalue weighted by molar-refractivity contribution is 7.93. The van der Waals surface area contributed by atoms with Crippen LogP contribution >= 0.6 is 0 Å². The smallest absolute Gasteiger partial charge is 0.620 e. The molecule has 0 saturated carbocycles. The zero-order valence-electron chi connectivity index (χ0n) is 25.7. The number of carbonyl (C=O) groups is 1. The molecule has 0 aliphatic carbocycles. The van der Waals surface area contributed by atoms with Gasteiger partial charge in [-0.15, -0.1) is 0 Å². The Hall–Kier alpha value is -3.32. The van der Waals surface area contributed by atoms with Crippen molar-refractivity contribution < 1.29 is 45.8 Å². The third kappa shape index (κ3) is 9.83. The van der Waals surface area contributed by atoms with Crippen molar-refractivity contribution in [3.8, 4) is 0 Å². The van der Waals surface area contributed by atoms with Gasteiger partial charge in [0.1, 0.15) is 16.1 Å².